The molecule has 0 bridgehead atoms. The van der Waals surface area contributed by atoms with E-state index in [-0.39, 0.29) is 34.5 Å². The Morgan fingerprint density at radius 3 is 1.29 bits per heavy atom. The average Bonchev–Trinajstić information content (AvgIpc) is 2.86. The summed E-state index contributed by atoms with van der Waals surface area (Å²) < 4.78 is 58.8. The van der Waals surface area contributed by atoms with Gasteiger partial charge in [-0.25, -0.2) is 26.4 Å². The highest BCUT2D eigenvalue weighted by atomic mass is 32.2. The Balaban J connectivity index is 1.46. The number of hydrogen-bond donors (Lipinski definition) is 2. The van der Waals surface area contributed by atoms with E-state index in [0.29, 0.717) is 25.9 Å². The topological polar surface area (TPSA) is 145 Å². The van der Waals surface area contributed by atoms with Crippen molar-refractivity contribution in [1.29, 1.82) is 0 Å². The van der Waals surface area contributed by atoms with Crippen molar-refractivity contribution in [2.45, 2.75) is 49.3 Å². The smallest absolute Gasteiger partial charge is 0.407 e. The molecule has 10 nitrogen and oxygen atoms in total. The van der Waals surface area contributed by atoms with Crippen LogP contribution >= 0.6 is 0 Å². The highest BCUT2D eigenvalue weighted by Gasteiger charge is 2.16. The molecule has 0 aliphatic heterocycles. The number of sulfone groups is 2. The summed E-state index contributed by atoms with van der Waals surface area (Å²) in [6.45, 7) is 4.03. The van der Waals surface area contributed by atoms with Crippen LogP contribution in [0.25, 0.3) is 0 Å². The Kier molecular flexibility index (Phi) is 12.5. The monoisotopic (exact) mass is 568 g/mol. The average molecular weight is 569 g/mol. The zero-order valence-electron chi connectivity index (χ0n) is 21.8. The second-order valence-electron chi connectivity index (χ2n) is 8.80. The number of rotatable bonds is 15. The molecule has 0 unspecified atom stereocenters. The van der Waals surface area contributed by atoms with Crippen LogP contribution in [-0.2, 0) is 29.1 Å². The Bertz CT molecular complexity index is 1140. The van der Waals surface area contributed by atoms with Crippen molar-refractivity contribution in [3.63, 3.8) is 0 Å². The van der Waals surface area contributed by atoms with Gasteiger partial charge in [0.25, 0.3) is 0 Å². The zero-order chi connectivity index (χ0) is 28.0. The number of ether oxygens (including phenoxy) is 2. The Labute approximate surface area is 224 Å². The maximum atomic E-state index is 12.2. The van der Waals surface area contributed by atoms with Gasteiger partial charge < -0.3 is 20.1 Å². The minimum Gasteiger partial charge on any atom is -0.448 e. The number of alkyl carbamates (subject to hydrolysis) is 2. The van der Waals surface area contributed by atoms with Crippen molar-refractivity contribution >= 4 is 31.9 Å². The van der Waals surface area contributed by atoms with Crippen molar-refractivity contribution in [2.75, 3.05) is 37.8 Å². The first kappa shape index (κ1) is 31.1. The molecule has 2 aromatic rings. The van der Waals surface area contributed by atoms with E-state index in [4.69, 9.17) is 9.47 Å². The molecule has 0 saturated carbocycles. The van der Waals surface area contributed by atoms with Crippen LogP contribution in [0, 0.1) is 13.8 Å². The summed E-state index contributed by atoms with van der Waals surface area (Å²) in [7, 11) is -7.02. The summed E-state index contributed by atoms with van der Waals surface area (Å²) in [5.41, 5.74) is 1.91. The van der Waals surface area contributed by atoms with Crippen LogP contribution in [0.3, 0.4) is 0 Å². The van der Waals surface area contributed by atoms with Crippen LogP contribution in [0.1, 0.15) is 36.8 Å². The fourth-order valence-corrected chi connectivity index (χ4v) is 5.48. The minimum absolute atomic E-state index is 0.195. The molecule has 210 valence electrons. The zero-order valence-corrected chi connectivity index (χ0v) is 23.4. The van der Waals surface area contributed by atoms with E-state index in [1.807, 2.05) is 13.8 Å². The van der Waals surface area contributed by atoms with E-state index >= 15 is 0 Å². The molecule has 0 aromatic heterocycles. The number of unbranched alkanes of at least 4 members (excludes halogenated alkanes) is 3. The van der Waals surface area contributed by atoms with Gasteiger partial charge in [0.1, 0.15) is 13.2 Å². The number of benzene rings is 2. The summed E-state index contributed by atoms with van der Waals surface area (Å²) in [4.78, 5) is 23.9. The minimum atomic E-state index is -3.51. The normalized spacial score (nSPS) is 11.5. The van der Waals surface area contributed by atoms with Crippen LogP contribution < -0.4 is 10.6 Å². The largest absolute Gasteiger partial charge is 0.448 e. The quantitative estimate of drug-likeness (QED) is 0.310. The van der Waals surface area contributed by atoms with Crippen molar-refractivity contribution < 1.29 is 35.9 Å². The molecule has 2 aromatic carbocycles. The fourth-order valence-electron chi connectivity index (χ4n) is 3.30. The van der Waals surface area contributed by atoms with E-state index in [1.54, 1.807) is 24.3 Å². The molecule has 0 aliphatic carbocycles. The molecule has 0 fully saturated rings. The summed E-state index contributed by atoms with van der Waals surface area (Å²) in [6.07, 6.45) is 1.65. The van der Waals surface area contributed by atoms with Gasteiger partial charge in [-0.1, -0.05) is 48.2 Å². The molecule has 2 N–H and O–H groups in total. The molecule has 0 heterocycles. The number of nitrogens with one attached hydrogen (secondary N) is 2. The van der Waals surface area contributed by atoms with Gasteiger partial charge in [0.05, 0.1) is 21.3 Å². The van der Waals surface area contributed by atoms with E-state index < -0.39 is 31.9 Å². The lowest BCUT2D eigenvalue weighted by Gasteiger charge is -2.09. The fraction of sp³-hybridized carbons (Fsp3) is 0.462. The highest BCUT2D eigenvalue weighted by Crippen LogP contribution is 2.13. The predicted octanol–water partition coefficient (Wildman–Crippen LogP) is 3.56. The third-order valence-corrected chi connectivity index (χ3v) is 8.96. The molecule has 0 aliphatic rings. The molecule has 0 spiro atoms. The number of carbonyl (C=O) groups is 2. The van der Waals surface area contributed by atoms with Crippen LogP contribution in [-0.4, -0.2) is 66.8 Å². The first-order valence-corrected chi connectivity index (χ1v) is 15.7. The molecule has 2 rings (SSSR count). The van der Waals surface area contributed by atoms with Gasteiger partial charge in [-0.2, -0.15) is 0 Å². The lowest BCUT2D eigenvalue weighted by molar-refractivity contribution is 0.151. The summed E-state index contributed by atoms with van der Waals surface area (Å²) in [5, 5.41) is 5.16. The molecule has 2 amide bonds. The lowest BCUT2D eigenvalue weighted by Crippen LogP contribution is -2.28. The SMILES string of the molecule is Cc1ccc(S(=O)(=O)CCOC(=O)NCCCCCCNC(=O)OCCS(=O)(=O)c2ccc(C)cc2)cc1. The van der Waals surface area contributed by atoms with Crippen molar-refractivity contribution in [2.24, 2.45) is 0 Å². The van der Waals surface area contributed by atoms with Gasteiger partial charge in [-0.15, -0.1) is 0 Å². The van der Waals surface area contributed by atoms with Crippen molar-refractivity contribution in [3.05, 3.63) is 59.7 Å². The van der Waals surface area contributed by atoms with Crippen LogP contribution in [0.2, 0.25) is 0 Å². The van der Waals surface area contributed by atoms with Gasteiger partial charge in [0.15, 0.2) is 19.7 Å². The van der Waals surface area contributed by atoms with Crippen molar-refractivity contribution in [1.82, 2.24) is 10.6 Å². The van der Waals surface area contributed by atoms with Crippen LogP contribution in [0.5, 0.6) is 0 Å². The second-order valence-corrected chi connectivity index (χ2v) is 13.0. The standard InChI is InChI=1S/C26H36N2O8S2/c1-21-7-11-23(12-8-21)37(31,32)19-17-35-25(29)27-15-5-3-4-6-16-28-26(30)36-18-20-38(33,34)24-13-9-22(2)10-14-24/h7-14H,3-6,15-20H2,1-2H3,(H,27,29)(H,28,30). The molecule has 0 radical (unpaired) electrons. The third kappa shape index (κ3) is 11.5. The van der Waals surface area contributed by atoms with Crippen LogP contribution in [0.4, 0.5) is 9.59 Å². The maximum Gasteiger partial charge on any atom is 0.407 e. The van der Waals surface area contributed by atoms with Gasteiger partial charge in [0, 0.05) is 13.1 Å². The van der Waals surface area contributed by atoms with Crippen molar-refractivity contribution in [3.8, 4) is 0 Å². The van der Waals surface area contributed by atoms with E-state index in [0.717, 1.165) is 24.0 Å². The molecular formula is C26H36N2O8S2. The van der Waals surface area contributed by atoms with Gasteiger partial charge in [-0.05, 0) is 51.0 Å². The maximum absolute atomic E-state index is 12.2. The Hall–Kier alpha value is -3.12. The second kappa shape index (κ2) is 15.3. The highest BCUT2D eigenvalue weighted by molar-refractivity contribution is 7.91. The molecule has 0 saturated heterocycles. The third-order valence-electron chi connectivity index (χ3n) is 5.57. The predicted molar refractivity (Wildman–Crippen MR) is 144 cm³/mol. The van der Waals surface area contributed by atoms with Gasteiger partial charge in [-0.3, -0.25) is 0 Å². The number of carbonyl (C=O) groups excluding carboxylic acids is 2. The van der Waals surface area contributed by atoms with Crippen LogP contribution in [0.15, 0.2) is 58.3 Å². The Morgan fingerprint density at radius 2 is 0.947 bits per heavy atom. The number of hydrogen-bond acceptors (Lipinski definition) is 8. The van der Waals surface area contributed by atoms with Gasteiger partial charge >= 0.3 is 12.2 Å². The van der Waals surface area contributed by atoms with Gasteiger partial charge in [0.2, 0.25) is 0 Å². The molecule has 38 heavy (non-hydrogen) atoms. The summed E-state index contributed by atoms with van der Waals surface area (Å²) >= 11 is 0. The first-order chi connectivity index (χ1) is 18.0. The Morgan fingerprint density at radius 1 is 0.605 bits per heavy atom. The number of amides is 2. The summed E-state index contributed by atoms with van der Waals surface area (Å²) in [6, 6.07) is 13.0. The number of aryl methyl sites for hydroxylation is 2. The van der Waals surface area contributed by atoms with E-state index in [9.17, 15) is 26.4 Å². The first-order valence-electron chi connectivity index (χ1n) is 12.4. The molecular weight excluding hydrogens is 532 g/mol. The molecule has 12 heteroatoms. The van der Waals surface area contributed by atoms with E-state index in [2.05, 4.69) is 10.6 Å². The molecule has 0 atom stereocenters. The lowest BCUT2D eigenvalue weighted by atomic mass is 10.2. The van der Waals surface area contributed by atoms with E-state index in [1.165, 1.54) is 24.3 Å². The summed E-state index contributed by atoms with van der Waals surface area (Å²) in [5.74, 6) is -0.580.